The number of sulfonamides is 1. The van der Waals surface area contributed by atoms with Crippen LogP contribution in [0.15, 0.2) is 18.5 Å². The van der Waals surface area contributed by atoms with Gasteiger partial charge in [-0.1, -0.05) is 0 Å². The number of nitrogens with zero attached hydrogens (tertiary/aromatic N) is 3. The van der Waals surface area contributed by atoms with E-state index in [1.807, 2.05) is 0 Å². The predicted octanol–water partition coefficient (Wildman–Crippen LogP) is 0.729. The van der Waals surface area contributed by atoms with Gasteiger partial charge in [0.05, 0.1) is 24.5 Å². The molecule has 0 aromatic carbocycles. The molecule has 1 saturated heterocycles. The Balaban J connectivity index is 1.59. The molecule has 1 aliphatic heterocycles. The number of methoxy groups -OCH3 is 2. The summed E-state index contributed by atoms with van der Waals surface area (Å²) < 4.78 is 39.4. The highest BCUT2D eigenvalue weighted by molar-refractivity contribution is 7.89. The molecule has 23 heavy (non-hydrogen) atoms. The Morgan fingerprint density at radius 1 is 1.22 bits per heavy atom. The zero-order chi connectivity index (χ0) is 16.5. The van der Waals surface area contributed by atoms with E-state index in [1.165, 1.54) is 0 Å². The van der Waals surface area contributed by atoms with Gasteiger partial charge in [-0.05, 0) is 18.9 Å². The smallest absolute Gasteiger partial charge is 0.215 e. The molecule has 130 valence electrons. The molecule has 0 amide bonds. The lowest BCUT2D eigenvalue weighted by atomic mass is 9.58. The van der Waals surface area contributed by atoms with E-state index in [0.717, 1.165) is 19.3 Å². The SMILES string of the molecule is CO[C@H]1C[C@@H](OC)C12CCN(S(=O)(=O)CCn1cccn1)CC2. The fourth-order valence-corrected chi connectivity index (χ4v) is 5.38. The van der Waals surface area contributed by atoms with Crippen LogP contribution >= 0.6 is 0 Å². The van der Waals surface area contributed by atoms with Gasteiger partial charge in [0.25, 0.3) is 0 Å². The van der Waals surface area contributed by atoms with E-state index in [2.05, 4.69) is 5.10 Å². The number of rotatable bonds is 6. The molecular weight excluding hydrogens is 318 g/mol. The maximum Gasteiger partial charge on any atom is 0.215 e. The summed E-state index contributed by atoms with van der Waals surface area (Å²) in [7, 11) is 0.204. The van der Waals surface area contributed by atoms with Crippen LogP contribution in [0.1, 0.15) is 19.3 Å². The molecule has 2 heterocycles. The normalized spacial score (nSPS) is 27.9. The fourth-order valence-electron chi connectivity index (χ4n) is 3.97. The van der Waals surface area contributed by atoms with Crippen LogP contribution in [0, 0.1) is 5.41 Å². The number of hydrogen-bond donors (Lipinski definition) is 0. The Kier molecular flexibility index (Phi) is 4.78. The third kappa shape index (κ3) is 3.05. The first-order valence-electron chi connectivity index (χ1n) is 8.03. The number of aryl methyl sites for hydroxylation is 1. The highest BCUT2D eigenvalue weighted by Gasteiger charge is 2.57. The van der Waals surface area contributed by atoms with Crippen LogP contribution in [0.2, 0.25) is 0 Å². The minimum absolute atomic E-state index is 0.0164. The minimum atomic E-state index is -3.25. The summed E-state index contributed by atoms with van der Waals surface area (Å²) in [5.74, 6) is 0.0864. The quantitative estimate of drug-likeness (QED) is 0.761. The second-order valence-electron chi connectivity index (χ2n) is 6.40. The van der Waals surface area contributed by atoms with E-state index in [-0.39, 0.29) is 23.4 Å². The Morgan fingerprint density at radius 3 is 2.39 bits per heavy atom. The number of hydrogen-bond acceptors (Lipinski definition) is 5. The molecule has 0 radical (unpaired) electrons. The van der Waals surface area contributed by atoms with Gasteiger partial charge in [0.2, 0.25) is 10.0 Å². The van der Waals surface area contributed by atoms with Gasteiger partial charge in [-0.3, -0.25) is 4.68 Å². The number of piperidine rings is 1. The largest absolute Gasteiger partial charge is 0.381 e. The topological polar surface area (TPSA) is 73.7 Å². The molecule has 0 bridgehead atoms. The highest BCUT2D eigenvalue weighted by Crippen LogP contribution is 2.52. The van der Waals surface area contributed by atoms with Crippen molar-refractivity contribution in [3.63, 3.8) is 0 Å². The predicted molar refractivity (Wildman–Crippen MR) is 85.5 cm³/mol. The second kappa shape index (κ2) is 6.51. The maximum absolute atomic E-state index is 12.5. The maximum atomic E-state index is 12.5. The molecule has 2 atom stereocenters. The molecule has 3 rings (SSSR count). The Morgan fingerprint density at radius 2 is 1.87 bits per heavy atom. The van der Waals surface area contributed by atoms with Crippen molar-refractivity contribution in [1.29, 1.82) is 0 Å². The Bertz CT molecular complexity index is 597. The van der Waals surface area contributed by atoms with Crippen LogP contribution in [0.5, 0.6) is 0 Å². The summed E-state index contributed by atoms with van der Waals surface area (Å²) in [5.41, 5.74) is -0.0164. The van der Waals surface area contributed by atoms with E-state index in [1.54, 1.807) is 41.7 Å². The van der Waals surface area contributed by atoms with Gasteiger partial charge in [0.15, 0.2) is 0 Å². The lowest BCUT2D eigenvalue weighted by Crippen LogP contribution is -2.63. The zero-order valence-electron chi connectivity index (χ0n) is 13.7. The van der Waals surface area contributed by atoms with Crippen molar-refractivity contribution in [2.24, 2.45) is 5.41 Å². The lowest BCUT2D eigenvalue weighted by Gasteiger charge is -2.57. The second-order valence-corrected chi connectivity index (χ2v) is 8.49. The first-order chi connectivity index (χ1) is 11.0. The van der Waals surface area contributed by atoms with Crippen molar-refractivity contribution in [1.82, 2.24) is 14.1 Å². The average Bonchev–Trinajstić information content (AvgIpc) is 3.06. The van der Waals surface area contributed by atoms with E-state index < -0.39 is 10.0 Å². The third-order valence-corrected chi connectivity index (χ3v) is 7.31. The van der Waals surface area contributed by atoms with Crippen LogP contribution < -0.4 is 0 Å². The average molecular weight is 343 g/mol. The van der Waals surface area contributed by atoms with Crippen LogP contribution in [0.4, 0.5) is 0 Å². The number of ether oxygens (including phenoxy) is 2. The molecule has 1 aromatic rings. The molecule has 0 unspecified atom stereocenters. The van der Waals surface area contributed by atoms with Gasteiger partial charge in [0, 0.05) is 51.5 Å². The molecule has 2 fully saturated rings. The van der Waals surface area contributed by atoms with Gasteiger partial charge in [0.1, 0.15) is 0 Å². The van der Waals surface area contributed by atoms with E-state index in [4.69, 9.17) is 9.47 Å². The molecule has 7 nitrogen and oxygen atoms in total. The van der Waals surface area contributed by atoms with Crippen LogP contribution in [-0.2, 0) is 26.0 Å². The summed E-state index contributed by atoms with van der Waals surface area (Å²) >= 11 is 0. The van der Waals surface area contributed by atoms with E-state index >= 15 is 0 Å². The highest BCUT2D eigenvalue weighted by atomic mass is 32.2. The van der Waals surface area contributed by atoms with Crippen molar-refractivity contribution in [2.45, 2.75) is 38.0 Å². The van der Waals surface area contributed by atoms with Crippen LogP contribution in [-0.4, -0.2) is 67.8 Å². The molecule has 1 saturated carbocycles. The van der Waals surface area contributed by atoms with Crippen molar-refractivity contribution in [3.05, 3.63) is 18.5 Å². The fraction of sp³-hybridized carbons (Fsp3) is 0.800. The standard InChI is InChI=1S/C15H25N3O4S/c1-21-13-12-14(22-2)15(13)4-8-18(9-5-15)23(19,20)11-10-17-7-3-6-16-17/h3,6-7,13-14H,4-5,8-12H2,1-2H3/t13-,14+. The molecule has 0 N–H and O–H groups in total. The monoisotopic (exact) mass is 343 g/mol. The minimum Gasteiger partial charge on any atom is -0.381 e. The van der Waals surface area contributed by atoms with E-state index in [0.29, 0.717) is 19.6 Å². The van der Waals surface area contributed by atoms with Crippen LogP contribution in [0.3, 0.4) is 0 Å². The summed E-state index contributed by atoms with van der Waals surface area (Å²) in [4.78, 5) is 0. The molecular formula is C15H25N3O4S. The van der Waals surface area contributed by atoms with Crippen molar-refractivity contribution < 1.29 is 17.9 Å². The van der Waals surface area contributed by atoms with Crippen molar-refractivity contribution in [2.75, 3.05) is 33.1 Å². The van der Waals surface area contributed by atoms with Gasteiger partial charge < -0.3 is 9.47 Å². The zero-order valence-corrected chi connectivity index (χ0v) is 14.5. The van der Waals surface area contributed by atoms with Crippen molar-refractivity contribution >= 4 is 10.0 Å². The molecule has 8 heteroatoms. The Labute approximate surface area is 137 Å². The summed E-state index contributed by atoms with van der Waals surface area (Å²) in [6.07, 6.45) is 6.29. The molecule has 2 aliphatic rings. The molecule has 1 aromatic heterocycles. The Hall–Kier alpha value is -0.960. The summed E-state index contributed by atoms with van der Waals surface area (Å²) in [6.45, 7) is 1.47. The van der Waals surface area contributed by atoms with Crippen molar-refractivity contribution in [3.8, 4) is 0 Å². The van der Waals surface area contributed by atoms with Gasteiger partial charge in [-0.2, -0.15) is 5.10 Å². The molecule has 1 spiro atoms. The summed E-state index contributed by atoms with van der Waals surface area (Å²) in [6, 6.07) is 1.80. The van der Waals surface area contributed by atoms with Gasteiger partial charge in [-0.15, -0.1) is 0 Å². The number of aromatic nitrogens is 2. The van der Waals surface area contributed by atoms with Crippen LogP contribution in [0.25, 0.3) is 0 Å². The summed E-state index contributed by atoms with van der Waals surface area (Å²) in [5, 5.41) is 4.05. The van der Waals surface area contributed by atoms with E-state index in [9.17, 15) is 8.42 Å². The third-order valence-electron chi connectivity index (χ3n) is 5.46. The first-order valence-corrected chi connectivity index (χ1v) is 9.63. The first kappa shape index (κ1) is 16.9. The van der Waals surface area contributed by atoms with Gasteiger partial charge >= 0.3 is 0 Å². The molecule has 1 aliphatic carbocycles. The van der Waals surface area contributed by atoms with Gasteiger partial charge in [-0.25, -0.2) is 12.7 Å². The lowest BCUT2D eigenvalue weighted by molar-refractivity contribution is -0.208.